The second kappa shape index (κ2) is 7.87. The number of rotatable bonds is 7. The Morgan fingerprint density at radius 3 is 2.69 bits per heavy atom. The normalized spacial score (nSPS) is 10.7. The number of hydrogen-bond acceptors (Lipinski definition) is 4. The standard InChI is InChI=1S/C21H23N3O2/c1-3-24(16-8-6-7-15(2)13-16)12-11-22-20-14-18(21(25)26)17-9-4-5-10-19(17)23-20/h4-10,13-14H,3,11-12H2,1-2H3,(H,22,23)(H,25,26). The number of carbonyl (C=O) groups is 1. The van der Waals surface area contributed by atoms with Crippen molar-refractivity contribution in [2.45, 2.75) is 13.8 Å². The van der Waals surface area contributed by atoms with E-state index >= 15 is 0 Å². The van der Waals surface area contributed by atoms with Gasteiger partial charge in [0.05, 0.1) is 11.1 Å². The van der Waals surface area contributed by atoms with Crippen molar-refractivity contribution < 1.29 is 9.90 Å². The molecule has 0 radical (unpaired) electrons. The summed E-state index contributed by atoms with van der Waals surface area (Å²) in [7, 11) is 0. The van der Waals surface area contributed by atoms with E-state index in [1.54, 1.807) is 12.1 Å². The number of benzene rings is 2. The molecule has 3 rings (SSSR count). The van der Waals surface area contributed by atoms with Crippen LogP contribution in [0.5, 0.6) is 0 Å². The first-order chi connectivity index (χ1) is 12.6. The highest BCUT2D eigenvalue weighted by atomic mass is 16.4. The lowest BCUT2D eigenvalue weighted by Gasteiger charge is -2.24. The molecular weight excluding hydrogens is 326 g/mol. The quantitative estimate of drug-likeness (QED) is 0.670. The summed E-state index contributed by atoms with van der Waals surface area (Å²) in [5.74, 6) is -0.358. The number of hydrogen-bond donors (Lipinski definition) is 2. The SMILES string of the molecule is CCN(CCNc1cc(C(=O)O)c2ccccc2n1)c1cccc(C)c1. The number of fused-ring (bicyclic) bond motifs is 1. The number of carboxylic acid groups (broad SMARTS) is 1. The van der Waals surface area contributed by atoms with Gasteiger partial charge in [0.25, 0.3) is 0 Å². The Balaban J connectivity index is 1.74. The van der Waals surface area contributed by atoms with Gasteiger partial charge in [0.2, 0.25) is 0 Å². The van der Waals surface area contributed by atoms with Crippen LogP contribution in [0.25, 0.3) is 10.9 Å². The topological polar surface area (TPSA) is 65.5 Å². The molecular formula is C21H23N3O2. The average molecular weight is 349 g/mol. The van der Waals surface area contributed by atoms with Gasteiger partial charge >= 0.3 is 5.97 Å². The van der Waals surface area contributed by atoms with Crippen LogP contribution in [-0.2, 0) is 0 Å². The molecule has 2 aromatic carbocycles. The van der Waals surface area contributed by atoms with Gasteiger partial charge in [-0.2, -0.15) is 0 Å². The number of aryl methyl sites for hydroxylation is 1. The molecule has 1 aromatic heterocycles. The van der Waals surface area contributed by atoms with Gasteiger partial charge in [-0.1, -0.05) is 30.3 Å². The Bertz CT molecular complexity index is 924. The minimum absolute atomic E-state index is 0.268. The zero-order chi connectivity index (χ0) is 18.5. The average Bonchev–Trinajstić information content (AvgIpc) is 2.64. The molecule has 0 saturated heterocycles. The van der Waals surface area contributed by atoms with Crippen LogP contribution < -0.4 is 10.2 Å². The van der Waals surface area contributed by atoms with Crippen LogP contribution in [0.4, 0.5) is 11.5 Å². The number of para-hydroxylation sites is 1. The molecule has 5 nitrogen and oxygen atoms in total. The van der Waals surface area contributed by atoms with Crippen LogP contribution in [0.15, 0.2) is 54.6 Å². The molecule has 3 aromatic rings. The van der Waals surface area contributed by atoms with Gasteiger partial charge in [0.1, 0.15) is 5.82 Å². The third-order valence-electron chi connectivity index (χ3n) is 4.38. The Morgan fingerprint density at radius 2 is 1.96 bits per heavy atom. The largest absolute Gasteiger partial charge is 0.478 e. The number of likely N-dealkylation sites (N-methyl/N-ethyl adjacent to an activating group) is 1. The molecule has 1 heterocycles. The fourth-order valence-electron chi connectivity index (χ4n) is 3.06. The fourth-order valence-corrected chi connectivity index (χ4v) is 3.06. The highest BCUT2D eigenvalue weighted by Crippen LogP contribution is 2.21. The molecule has 0 aliphatic heterocycles. The highest BCUT2D eigenvalue weighted by molar-refractivity contribution is 6.03. The van der Waals surface area contributed by atoms with Crippen molar-refractivity contribution in [2.75, 3.05) is 29.9 Å². The summed E-state index contributed by atoms with van der Waals surface area (Å²) in [4.78, 5) is 18.4. The monoisotopic (exact) mass is 349 g/mol. The molecule has 0 bridgehead atoms. The van der Waals surface area contributed by atoms with E-state index in [1.165, 1.54) is 11.3 Å². The van der Waals surface area contributed by atoms with Crippen LogP contribution in [-0.4, -0.2) is 35.7 Å². The van der Waals surface area contributed by atoms with Crippen LogP contribution >= 0.6 is 0 Å². The number of nitrogens with zero attached hydrogens (tertiary/aromatic N) is 2. The van der Waals surface area contributed by atoms with E-state index in [4.69, 9.17) is 0 Å². The molecule has 134 valence electrons. The molecule has 26 heavy (non-hydrogen) atoms. The Kier molecular flexibility index (Phi) is 5.37. The molecule has 0 fully saturated rings. The van der Waals surface area contributed by atoms with Gasteiger partial charge in [-0.25, -0.2) is 9.78 Å². The summed E-state index contributed by atoms with van der Waals surface area (Å²) < 4.78 is 0. The molecule has 0 spiro atoms. The third kappa shape index (κ3) is 3.94. The van der Waals surface area contributed by atoms with Crippen molar-refractivity contribution in [3.8, 4) is 0 Å². The molecule has 2 N–H and O–H groups in total. The zero-order valence-electron chi connectivity index (χ0n) is 15.1. The van der Waals surface area contributed by atoms with Gasteiger partial charge < -0.3 is 15.3 Å². The maximum absolute atomic E-state index is 11.5. The molecule has 0 aliphatic carbocycles. The maximum atomic E-state index is 11.5. The van der Waals surface area contributed by atoms with Gasteiger partial charge in [-0.15, -0.1) is 0 Å². The Hall–Kier alpha value is -3.08. The van der Waals surface area contributed by atoms with Crippen LogP contribution in [0.2, 0.25) is 0 Å². The van der Waals surface area contributed by atoms with Gasteiger partial charge in [-0.05, 0) is 43.7 Å². The number of pyridine rings is 1. The predicted octanol–water partition coefficient (Wildman–Crippen LogP) is 4.18. The smallest absolute Gasteiger partial charge is 0.336 e. The van der Waals surface area contributed by atoms with Crippen molar-refractivity contribution in [3.05, 3.63) is 65.7 Å². The first-order valence-corrected chi connectivity index (χ1v) is 8.77. The van der Waals surface area contributed by atoms with Gasteiger partial charge in [0, 0.05) is 30.7 Å². The highest BCUT2D eigenvalue weighted by Gasteiger charge is 2.11. The van der Waals surface area contributed by atoms with Crippen molar-refractivity contribution in [1.82, 2.24) is 4.98 Å². The molecule has 5 heteroatoms. The van der Waals surface area contributed by atoms with Crippen LogP contribution in [0.1, 0.15) is 22.8 Å². The fraction of sp³-hybridized carbons (Fsp3) is 0.238. The minimum atomic E-state index is -0.943. The van der Waals surface area contributed by atoms with Crippen molar-refractivity contribution in [3.63, 3.8) is 0 Å². The zero-order valence-corrected chi connectivity index (χ0v) is 15.1. The van der Waals surface area contributed by atoms with Crippen LogP contribution in [0.3, 0.4) is 0 Å². The summed E-state index contributed by atoms with van der Waals surface area (Å²) in [6, 6.07) is 17.3. The molecule has 0 saturated carbocycles. The van der Waals surface area contributed by atoms with Crippen LogP contribution in [0, 0.1) is 6.92 Å². The van der Waals surface area contributed by atoms with E-state index in [1.807, 2.05) is 18.2 Å². The molecule has 0 atom stereocenters. The maximum Gasteiger partial charge on any atom is 0.336 e. The molecule has 0 unspecified atom stereocenters. The lowest BCUT2D eigenvalue weighted by Crippen LogP contribution is -2.29. The van der Waals surface area contributed by atoms with E-state index in [0.29, 0.717) is 23.3 Å². The Morgan fingerprint density at radius 1 is 1.15 bits per heavy atom. The third-order valence-corrected chi connectivity index (χ3v) is 4.38. The lowest BCUT2D eigenvalue weighted by molar-refractivity contribution is 0.0699. The van der Waals surface area contributed by atoms with Crippen molar-refractivity contribution in [2.24, 2.45) is 0 Å². The minimum Gasteiger partial charge on any atom is -0.478 e. The number of aromatic carboxylic acids is 1. The van der Waals surface area contributed by atoms with E-state index < -0.39 is 5.97 Å². The van der Waals surface area contributed by atoms with E-state index in [0.717, 1.165) is 13.1 Å². The number of carboxylic acids is 1. The summed E-state index contributed by atoms with van der Waals surface area (Å²) in [5.41, 5.74) is 3.37. The van der Waals surface area contributed by atoms with Crippen molar-refractivity contribution in [1.29, 1.82) is 0 Å². The second-order valence-corrected chi connectivity index (χ2v) is 6.22. The van der Waals surface area contributed by atoms with Crippen molar-refractivity contribution >= 4 is 28.4 Å². The van der Waals surface area contributed by atoms with Gasteiger partial charge in [-0.3, -0.25) is 0 Å². The second-order valence-electron chi connectivity index (χ2n) is 6.22. The van der Waals surface area contributed by atoms with E-state index in [2.05, 4.69) is 53.3 Å². The first kappa shape index (κ1) is 17.7. The van der Waals surface area contributed by atoms with Gasteiger partial charge in [0.15, 0.2) is 0 Å². The molecule has 0 amide bonds. The summed E-state index contributed by atoms with van der Waals surface area (Å²) in [5, 5.41) is 13.4. The lowest BCUT2D eigenvalue weighted by atomic mass is 10.1. The van der Waals surface area contributed by atoms with E-state index in [-0.39, 0.29) is 5.56 Å². The summed E-state index contributed by atoms with van der Waals surface area (Å²) in [6.45, 7) is 6.58. The predicted molar refractivity (Wildman–Crippen MR) is 106 cm³/mol. The first-order valence-electron chi connectivity index (χ1n) is 8.77. The Labute approximate surface area is 153 Å². The summed E-state index contributed by atoms with van der Waals surface area (Å²) >= 11 is 0. The number of aromatic nitrogens is 1. The summed E-state index contributed by atoms with van der Waals surface area (Å²) in [6.07, 6.45) is 0. The van der Waals surface area contributed by atoms with E-state index in [9.17, 15) is 9.90 Å². The number of nitrogens with one attached hydrogen (secondary N) is 1. The molecule has 0 aliphatic rings. The number of anilines is 2.